The van der Waals surface area contributed by atoms with Gasteiger partial charge in [-0.05, 0) is 92.8 Å². The molecule has 8 heteroatoms. The minimum Gasteiger partial charge on any atom is -0.387 e. The fourth-order valence-electron chi connectivity index (χ4n) is 8.51. The fourth-order valence-corrected chi connectivity index (χ4v) is 9.06. The Hall–Kier alpha value is -1.28. The molecule has 4 saturated carbocycles. The van der Waals surface area contributed by atoms with E-state index in [9.17, 15) is 22.7 Å². The van der Waals surface area contributed by atoms with Gasteiger partial charge in [-0.1, -0.05) is 6.92 Å². The summed E-state index contributed by atoms with van der Waals surface area (Å²) in [6.45, 7) is 1.81. The summed E-state index contributed by atoms with van der Waals surface area (Å²) >= 11 is 0. The number of hydrogen-bond donors (Lipinski definition) is 1. The van der Waals surface area contributed by atoms with E-state index < -0.39 is 22.1 Å². The molecule has 0 amide bonds. The predicted molar refractivity (Wildman–Crippen MR) is 122 cm³/mol. The molecule has 33 heavy (non-hydrogen) atoms. The number of aromatic nitrogens is 2. The number of rotatable bonds is 5. The lowest BCUT2D eigenvalue weighted by Gasteiger charge is -2.56. The summed E-state index contributed by atoms with van der Waals surface area (Å²) in [4.78, 5) is 13.5. The highest BCUT2D eigenvalue weighted by atomic mass is 32.2. The second-order valence-electron chi connectivity index (χ2n) is 11.8. The Morgan fingerprint density at radius 3 is 2.61 bits per heavy atom. The summed E-state index contributed by atoms with van der Waals surface area (Å²) in [5.74, 6) is 3.00. The van der Waals surface area contributed by atoms with Crippen LogP contribution in [0.15, 0.2) is 17.3 Å². The van der Waals surface area contributed by atoms with Crippen LogP contribution in [0.4, 0.5) is 4.39 Å². The van der Waals surface area contributed by atoms with Crippen LogP contribution in [-0.2, 0) is 21.2 Å². The van der Waals surface area contributed by atoms with Crippen LogP contribution in [0.2, 0.25) is 0 Å². The second-order valence-corrected chi connectivity index (χ2v) is 13.8. The van der Waals surface area contributed by atoms with E-state index in [-0.39, 0.29) is 28.6 Å². The minimum absolute atomic E-state index is 0.00459. The van der Waals surface area contributed by atoms with Gasteiger partial charge in [-0.15, -0.1) is 0 Å². The highest BCUT2D eigenvalue weighted by Crippen LogP contribution is 2.64. The van der Waals surface area contributed by atoms with Gasteiger partial charge in [-0.2, -0.15) is 5.10 Å². The normalized spacial score (nSPS) is 42.9. The van der Waals surface area contributed by atoms with Crippen molar-refractivity contribution in [2.45, 2.75) is 81.8 Å². The number of carbonyl (C=O) groups is 1. The average molecular weight is 481 g/mol. The van der Waals surface area contributed by atoms with E-state index in [4.69, 9.17) is 0 Å². The maximum atomic E-state index is 13.4. The lowest BCUT2D eigenvalue weighted by Crippen LogP contribution is -2.52. The molecule has 1 aromatic rings. The summed E-state index contributed by atoms with van der Waals surface area (Å²) in [6, 6.07) is 0. The monoisotopic (exact) mass is 480 g/mol. The SMILES string of the molecule is CC12CCC3C4CCC(O)(CF)CC4CCC3C1CCC2C(=O)Cn1cc(S(C)(=O)=O)cn1. The van der Waals surface area contributed by atoms with Gasteiger partial charge in [0, 0.05) is 18.4 Å². The number of sulfone groups is 1. The lowest BCUT2D eigenvalue weighted by atomic mass is 9.49. The highest BCUT2D eigenvalue weighted by molar-refractivity contribution is 7.90. The van der Waals surface area contributed by atoms with Crippen LogP contribution in [0.1, 0.15) is 64.7 Å². The van der Waals surface area contributed by atoms with E-state index in [1.807, 2.05) is 0 Å². The van der Waals surface area contributed by atoms with E-state index in [1.54, 1.807) is 0 Å². The van der Waals surface area contributed by atoms with Crippen molar-refractivity contribution in [1.82, 2.24) is 9.78 Å². The highest BCUT2D eigenvalue weighted by Gasteiger charge is 2.59. The van der Waals surface area contributed by atoms with Crippen LogP contribution in [0, 0.1) is 40.9 Å². The molecule has 8 unspecified atom stereocenters. The Morgan fingerprint density at radius 1 is 1.15 bits per heavy atom. The summed E-state index contributed by atoms with van der Waals surface area (Å²) in [5, 5.41) is 14.6. The van der Waals surface area contributed by atoms with Crippen molar-refractivity contribution in [3.63, 3.8) is 0 Å². The van der Waals surface area contributed by atoms with Crippen LogP contribution in [0.3, 0.4) is 0 Å². The molecule has 0 spiro atoms. The summed E-state index contributed by atoms with van der Waals surface area (Å²) in [6.07, 6.45) is 12.4. The molecule has 0 aromatic carbocycles. The number of fused-ring (bicyclic) bond motifs is 5. The number of nitrogens with zero attached hydrogens (tertiary/aromatic N) is 2. The number of carbonyl (C=O) groups excluding carboxylic acids is 1. The first-order valence-corrected chi connectivity index (χ1v) is 14.5. The molecule has 4 aliphatic rings. The van der Waals surface area contributed by atoms with E-state index in [1.165, 1.54) is 17.1 Å². The van der Waals surface area contributed by atoms with Crippen molar-refractivity contribution in [2.75, 3.05) is 12.9 Å². The largest absolute Gasteiger partial charge is 0.387 e. The van der Waals surface area contributed by atoms with Crippen LogP contribution in [0.25, 0.3) is 0 Å². The van der Waals surface area contributed by atoms with Gasteiger partial charge in [-0.25, -0.2) is 12.8 Å². The van der Waals surface area contributed by atoms with Gasteiger partial charge in [0.1, 0.15) is 11.6 Å². The molecule has 8 atom stereocenters. The summed E-state index contributed by atoms with van der Waals surface area (Å²) in [5.41, 5.74) is -1.11. The number of halogens is 1. The van der Waals surface area contributed by atoms with Crippen molar-refractivity contribution in [3.05, 3.63) is 12.4 Å². The van der Waals surface area contributed by atoms with Crippen molar-refractivity contribution in [1.29, 1.82) is 0 Å². The zero-order chi connectivity index (χ0) is 23.6. The van der Waals surface area contributed by atoms with Crippen LogP contribution in [-0.4, -0.2) is 47.6 Å². The van der Waals surface area contributed by atoms with Crippen molar-refractivity contribution in [3.8, 4) is 0 Å². The predicted octanol–water partition coefficient (Wildman–Crippen LogP) is 3.83. The van der Waals surface area contributed by atoms with Gasteiger partial charge in [-0.3, -0.25) is 9.48 Å². The molecular formula is C25H37FN2O4S. The zero-order valence-electron chi connectivity index (χ0n) is 19.7. The third-order valence-corrected chi connectivity index (χ3v) is 11.2. The molecular weight excluding hydrogens is 443 g/mol. The average Bonchev–Trinajstić information content (AvgIpc) is 3.37. The van der Waals surface area contributed by atoms with E-state index in [0.717, 1.165) is 51.2 Å². The third-order valence-electron chi connectivity index (χ3n) is 10.1. The smallest absolute Gasteiger partial charge is 0.178 e. The Bertz CT molecular complexity index is 1030. The molecule has 0 radical (unpaired) electrons. The van der Waals surface area contributed by atoms with Gasteiger partial charge in [0.25, 0.3) is 0 Å². The molecule has 0 bridgehead atoms. The van der Waals surface area contributed by atoms with Crippen molar-refractivity contribution < 1.29 is 22.7 Å². The first kappa shape index (κ1) is 23.5. The number of alkyl halides is 1. The Morgan fingerprint density at radius 2 is 1.91 bits per heavy atom. The molecule has 0 saturated heterocycles. The molecule has 1 aromatic heterocycles. The standard InChI is InChI=1S/C25H37FN2O4S/c1-24-9-7-19-18-8-10-25(30,15-26)11-16(18)3-4-20(19)21(24)5-6-22(24)23(29)14-28-13-17(12-27-28)33(2,31)32/h12-13,16,18-22,30H,3-11,14-15H2,1-2H3. The first-order valence-electron chi connectivity index (χ1n) is 12.6. The molecule has 184 valence electrons. The number of Topliss-reactive ketones (excluding diaryl/α,β-unsaturated/α-hetero) is 1. The maximum Gasteiger partial charge on any atom is 0.178 e. The second kappa shape index (κ2) is 8.14. The van der Waals surface area contributed by atoms with E-state index in [2.05, 4.69) is 12.0 Å². The molecule has 1 N–H and O–H groups in total. The van der Waals surface area contributed by atoms with Crippen molar-refractivity contribution >= 4 is 15.6 Å². The Balaban J connectivity index is 1.29. The number of ketones is 1. The lowest BCUT2D eigenvalue weighted by molar-refractivity contribution is -0.134. The molecule has 1 heterocycles. The number of hydrogen-bond acceptors (Lipinski definition) is 5. The van der Waals surface area contributed by atoms with Crippen molar-refractivity contribution in [2.24, 2.45) is 40.9 Å². The van der Waals surface area contributed by atoms with Gasteiger partial charge >= 0.3 is 0 Å². The Kier molecular flexibility index (Phi) is 5.79. The summed E-state index contributed by atoms with van der Waals surface area (Å²) < 4.78 is 38.4. The van der Waals surface area contributed by atoms with Crippen LogP contribution < -0.4 is 0 Å². The number of aliphatic hydroxyl groups is 1. The molecule has 5 rings (SSSR count). The first-order chi connectivity index (χ1) is 15.5. The molecule has 0 aliphatic heterocycles. The zero-order valence-corrected chi connectivity index (χ0v) is 20.6. The fraction of sp³-hybridized carbons (Fsp3) is 0.840. The van der Waals surface area contributed by atoms with Crippen LogP contribution in [0.5, 0.6) is 0 Å². The van der Waals surface area contributed by atoms with Gasteiger partial charge in [0.15, 0.2) is 15.6 Å². The minimum atomic E-state index is -3.33. The van der Waals surface area contributed by atoms with Gasteiger partial charge in [0.05, 0.1) is 18.3 Å². The third kappa shape index (κ3) is 3.99. The molecule has 6 nitrogen and oxygen atoms in total. The topological polar surface area (TPSA) is 89.3 Å². The molecule has 4 aliphatic carbocycles. The molecule has 4 fully saturated rings. The van der Waals surface area contributed by atoms with E-state index in [0.29, 0.717) is 42.4 Å². The summed E-state index contributed by atoms with van der Waals surface area (Å²) in [7, 11) is -3.33. The van der Waals surface area contributed by atoms with E-state index >= 15 is 0 Å². The Labute approximate surface area is 196 Å². The van der Waals surface area contributed by atoms with Gasteiger partial charge < -0.3 is 5.11 Å². The maximum absolute atomic E-state index is 13.4. The van der Waals surface area contributed by atoms with Crippen LogP contribution >= 0.6 is 0 Å². The quantitative estimate of drug-likeness (QED) is 0.692. The van der Waals surface area contributed by atoms with Gasteiger partial charge in [0.2, 0.25) is 0 Å².